The van der Waals surface area contributed by atoms with E-state index in [9.17, 15) is 4.79 Å². The van der Waals surface area contributed by atoms with Gasteiger partial charge in [-0.1, -0.05) is 60.5 Å². The summed E-state index contributed by atoms with van der Waals surface area (Å²) in [6.45, 7) is 2.22. The number of ether oxygens (including phenoxy) is 1. The number of amides is 1. The molecule has 2 fully saturated rings. The van der Waals surface area contributed by atoms with Crippen LogP contribution in [0.15, 0.2) is 54.6 Å². The molecule has 0 N–H and O–H groups in total. The first-order valence-corrected chi connectivity index (χ1v) is 10.3. The predicted octanol–water partition coefficient (Wildman–Crippen LogP) is 4.97. The van der Waals surface area contributed by atoms with E-state index >= 15 is 0 Å². The van der Waals surface area contributed by atoms with E-state index in [0.717, 1.165) is 55.8 Å². The highest BCUT2D eigenvalue weighted by molar-refractivity contribution is 6.30. The Morgan fingerprint density at radius 3 is 2.30 bits per heavy atom. The Kier molecular flexibility index (Phi) is 5.51. The third-order valence-electron chi connectivity index (χ3n) is 6.07. The molecule has 4 rings (SSSR count). The van der Waals surface area contributed by atoms with Crippen molar-refractivity contribution in [3.8, 4) is 0 Å². The van der Waals surface area contributed by atoms with Crippen molar-refractivity contribution >= 4 is 17.5 Å². The smallest absolute Gasteiger partial charge is 0.233 e. The van der Waals surface area contributed by atoms with Crippen LogP contribution in [0.4, 0.5) is 0 Å². The van der Waals surface area contributed by atoms with Crippen molar-refractivity contribution in [3.05, 3.63) is 70.7 Å². The van der Waals surface area contributed by atoms with Gasteiger partial charge in [0.05, 0.1) is 18.1 Å². The second-order valence-electron chi connectivity index (χ2n) is 7.73. The molecule has 1 aliphatic carbocycles. The molecule has 1 saturated heterocycles. The molecule has 0 bridgehead atoms. The zero-order valence-corrected chi connectivity index (χ0v) is 16.3. The summed E-state index contributed by atoms with van der Waals surface area (Å²) in [6, 6.07) is 18.1. The van der Waals surface area contributed by atoms with E-state index in [0.29, 0.717) is 6.61 Å². The molecular weight excluding hydrogens is 358 g/mol. The van der Waals surface area contributed by atoms with E-state index in [1.807, 2.05) is 42.5 Å². The van der Waals surface area contributed by atoms with Gasteiger partial charge >= 0.3 is 0 Å². The van der Waals surface area contributed by atoms with Gasteiger partial charge in [0, 0.05) is 18.1 Å². The average Bonchev–Trinajstić information content (AvgIpc) is 2.68. The Bertz CT molecular complexity index is 763. The van der Waals surface area contributed by atoms with Crippen molar-refractivity contribution < 1.29 is 9.53 Å². The van der Waals surface area contributed by atoms with E-state index < -0.39 is 0 Å². The number of hydrogen-bond donors (Lipinski definition) is 0. The summed E-state index contributed by atoms with van der Waals surface area (Å²) in [5.41, 5.74) is 1.99. The van der Waals surface area contributed by atoms with Gasteiger partial charge in [0.1, 0.15) is 0 Å². The van der Waals surface area contributed by atoms with Gasteiger partial charge in [-0.3, -0.25) is 4.79 Å². The van der Waals surface area contributed by atoms with Crippen molar-refractivity contribution in [2.45, 2.75) is 50.2 Å². The number of piperidine rings is 1. The number of rotatable bonds is 5. The predicted molar refractivity (Wildman–Crippen MR) is 108 cm³/mol. The van der Waals surface area contributed by atoms with E-state index in [1.54, 1.807) is 0 Å². The molecule has 0 atom stereocenters. The summed E-state index contributed by atoms with van der Waals surface area (Å²) in [5, 5.41) is 0.719. The molecule has 0 radical (unpaired) electrons. The van der Waals surface area contributed by atoms with Gasteiger partial charge in [-0.05, 0) is 48.9 Å². The van der Waals surface area contributed by atoms with Crippen LogP contribution in [0.2, 0.25) is 5.02 Å². The third-order valence-corrected chi connectivity index (χ3v) is 6.32. The maximum Gasteiger partial charge on any atom is 0.233 e. The summed E-state index contributed by atoms with van der Waals surface area (Å²) in [5.74, 6) is 0.289. The molecule has 4 heteroatoms. The minimum atomic E-state index is -0.331. The fraction of sp³-hybridized carbons (Fsp3) is 0.435. The largest absolute Gasteiger partial charge is 0.373 e. The third kappa shape index (κ3) is 3.90. The highest BCUT2D eigenvalue weighted by Gasteiger charge is 2.48. The highest BCUT2D eigenvalue weighted by atomic mass is 35.5. The zero-order chi connectivity index (χ0) is 18.7. The zero-order valence-electron chi connectivity index (χ0n) is 15.6. The first kappa shape index (κ1) is 18.5. The van der Waals surface area contributed by atoms with Gasteiger partial charge in [-0.2, -0.15) is 0 Å². The molecule has 1 amide bonds. The molecule has 0 spiro atoms. The summed E-state index contributed by atoms with van der Waals surface area (Å²) in [4.78, 5) is 15.4. The number of hydrogen-bond acceptors (Lipinski definition) is 2. The van der Waals surface area contributed by atoms with Gasteiger partial charge in [0.2, 0.25) is 5.91 Å². The summed E-state index contributed by atoms with van der Waals surface area (Å²) >= 11 is 6.03. The average molecular weight is 384 g/mol. The van der Waals surface area contributed by atoms with Crippen molar-refractivity contribution in [2.75, 3.05) is 13.1 Å². The topological polar surface area (TPSA) is 29.5 Å². The normalized spacial score (nSPS) is 19.5. The molecule has 3 nitrogen and oxygen atoms in total. The molecule has 2 aliphatic rings. The minimum Gasteiger partial charge on any atom is -0.373 e. The standard InChI is InChI=1S/C23H26ClNO2/c24-20-9-7-19(8-10-20)23(13-4-14-23)22(26)25-15-11-21(12-16-25)27-17-18-5-2-1-3-6-18/h1-3,5-10,21H,4,11-17H2. The molecule has 2 aromatic carbocycles. The molecule has 27 heavy (non-hydrogen) atoms. The monoisotopic (exact) mass is 383 g/mol. The summed E-state index contributed by atoms with van der Waals surface area (Å²) in [6.07, 6.45) is 5.06. The lowest BCUT2D eigenvalue weighted by Gasteiger charge is -2.45. The number of halogens is 1. The molecule has 0 unspecified atom stereocenters. The number of likely N-dealkylation sites (tertiary alicyclic amines) is 1. The van der Waals surface area contributed by atoms with Crippen LogP contribution in [0, 0.1) is 0 Å². The number of benzene rings is 2. The fourth-order valence-electron chi connectivity index (χ4n) is 4.24. The molecule has 1 heterocycles. The Labute approximate surface area is 166 Å². The SMILES string of the molecule is O=C(N1CCC(OCc2ccccc2)CC1)C1(c2ccc(Cl)cc2)CCC1. The van der Waals surface area contributed by atoms with Crippen molar-refractivity contribution in [1.82, 2.24) is 4.90 Å². The van der Waals surface area contributed by atoms with Crippen LogP contribution in [0.3, 0.4) is 0 Å². The maximum absolute atomic E-state index is 13.3. The van der Waals surface area contributed by atoms with E-state index in [1.165, 1.54) is 5.56 Å². The number of carbonyl (C=O) groups is 1. The molecule has 1 aliphatic heterocycles. The lowest BCUT2D eigenvalue weighted by Crippen LogP contribution is -2.53. The molecule has 2 aromatic rings. The van der Waals surface area contributed by atoms with Crippen LogP contribution in [-0.2, 0) is 21.6 Å². The lowest BCUT2D eigenvalue weighted by molar-refractivity contribution is -0.143. The van der Waals surface area contributed by atoms with Crippen molar-refractivity contribution in [3.63, 3.8) is 0 Å². The van der Waals surface area contributed by atoms with Gasteiger partial charge < -0.3 is 9.64 Å². The fourth-order valence-corrected chi connectivity index (χ4v) is 4.37. The molecule has 1 saturated carbocycles. The maximum atomic E-state index is 13.3. The van der Waals surface area contributed by atoms with E-state index in [2.05, 4.69) is 17.0 Å². The molecule has 142 valence electrons. The van der Waals surface area contributed by atoms with E-state index in [-0.39, 0.29) is 17.4 Å². The lowest BCUT2D eigenvalue weighted by atomic mass is 9.63. The molecular formula is C23H26ClNO2. The first-order chi connectivity index (χ1) is 13.2. The summed E-state index contributed by atoms with van der Waals surface area (Å²) < 4.78 is 6.07. The Balaban J connectivity index is 1.34. The molecule has 0 aromatic heterocycles. The Morgan fingerprint density at radius 1 is 1.04 bits per heavy atom. The van der Waals surface area contributed by atoms with Crippen molar-refractivity contribution in [1.29, 1.82) is 0 Å². The van der Waals surface area contributed by atoms with Gasteiger partial charge in [0.15, 0.2) is 0 Å². The minimum absolute atomic E-state index is 0.238. The van der Waals surface area contributed by atoms with Crippen LogP contribution < -0.4 is 0 Å². The Morgan fingerprint density at radius 2 is 1.70 bits per heavy atom. The first-order valence-electron chi connectivity index (χ1n) is 9.88. The highest BCUT2D eigenvalue weighted by Crippen LogP contribution is 2.45. The van der Waals surface area contributed by atoms with Crippen LogP contribution in [-0.4, -0.2) is 30.0 Å². The van der Waals surface area contributed by atoms with Gasteiger partial charge in [-0.25, -0.2) is 0 Å². The van der Waals surface area contributed by atoms with Crippen LogP contribution >= 0.6 is 11.6 Å². The number of carbonyl (C=O) groups excluding carboxylic acids is 1. The van der Waals surface area contributed by atoms with Gasteiger partial charge in [0.25, 0.3) is 0 Å². The second-order valence-corrected chi connectivity index (χ2v) is 8.17. The van der Waals surface area contributed by atoms with E-state index in [4.69, 9.17) is 16.3 Å². The van der Waals surface area contributed by atoms with Crippen LogP contribution in [0.25, 0.3) is 0 Å². The Hall–Kier alpha value is -1.84. The number of nitrogens with zero attached hydrogens (tertiary/aromatic N) is 1. The van der Waals surface area contributed by atoms with Crippen LogP contribution in [0.1, 0.15) is 43.2 Å². The second kappa shape index (κ2) is 8.04. The van der Waals surface area contributed by atoms with Gasteiger partial charge in [-0.15, -0.1) is 0 Å². The summed E-state index contributed by atoms with van der Waals surface area (Å²) in [7, 11) is 0. The van der Waals surface area contributed by atoms with Crippen molar-refractivity contribution in [2.24, 2.45) is 0 Å². The van der Waals surface area contributed by atoms with Crippen LogP contribution in [0.5, 0.6) is 0 Å². The quantitative estimate of drug-likeness (QED) is 0.729.